The Balaban J connectivity index is 1.39. The van der Waals surface area contributed by atoms with E-state index in [0.29, 0.717) is 22.7 Å². The van der Waals surface area contributed by atoms with Crippen molar-refractivity contribution < 1.29 is 39.9 Å². The molecule has 0 bridgehead atoms. The molecule has 4 aromatic rings. The van der Waals surface area contributed by atoms with Gasteiger partial charge in [-0.1, -0.05) is 31.2 Å². The Morgan fingerprint density at radius 3 is 2.41 bits per heavy atom. The highest BCUT2D eigenvalue weighted by atomic mass is 32.2. The summed E-state index contributed by atoms with van der Waals surface area (Å²) in [6.45, 7) is 1.08. The van der Waals surface area contributed by atoms with Crippen LogP contribution in [0.15, 0.2) is 66.0 Å². The molecule has 0 radical (unpaired) electrons. The van der Waals surface area contributed by atoms with Gasteiger partial charge in [0.15, 0.2) is 11.3 Å². The summed E-state index contributed by atoms with van der Waals surface area (Å²) in [6.07, 6.45) is -2.48. The van der Waals surface area contributed by atoms with Crippen LogP contribution in [0.25, 0.3) is 11.3 Å². The number of imidazole rings is 1. The topological polar surface area (TPSA) is 133 Å². The number of benzene rings is 2. The molecule has 1 aliphatic heterocycles. The molecule has 0 aliphatic carbocycles. The molecule has 1 aliphatic rings. The van der Waals surface area contributed by atoms with E-state index in [1.54, 1.807) is 4.90 Å². The first kappa shape index (κ1) is 31.1. The molecule has 1 amide bonds. The van der Waals surface area contributed by atoms with Gasteiger partial charge in [-0.15, -0.1) is 13.2 Å². The van der Waals surface area contributed by atoms with Crippen molar-refractivity contribution in [3.05, 3.63) is 72.2 Å². The Morgan fingerprint density at radius 2 is 1.75 bits per heavy atom. The monoisotopic (exact) mass is 639 g/mol. The highest BCUT2D eigenvalue weighted by Crippen LogP contribution is 2.31. The van der Waals surface area contributed by atoms with Crippen molar-refractivity contribution in [1.29, 1.82) is 0 Å². The molecule has 3 heterocycles. The number of H-pyrrole nitrogens is 1. The number of aromatic amines is 1. The largest absolute Gasteiger partial charge is 0.573 e. The van der Waals surface area contributed by atoms with Crippen molar-refractivity contribution in [2.45, 2.75) is 43.1 Å². The third-order valence-electron chi connectivity index (χ3n) is 7.04. The minimum Gasteiger partial charge on any atom is -0.406 e. The number of hydrogen-bond acceptors (Lipinski definition) is 8. The lowest BCUT2D eigenvalue weighted by Crippen LogP contribution is -2.60. The predicted octanol–water partition coefficient (Wildman–Crippen LogP) is 3.95. The fourth-order valence-corrected chi connectivity index (χ4v) is 6.24. The Bertz CT molecular complexity index is 1730. The van der Waals surface area contributed by atoms with Crippen LogP contribution in [0.3, 0.4) is 0 Å². The molecule has 1 saturated heterocycles. The van der Waals surface area contributed by atoms with E-state index < -0.39 is 40.0 Å². The Labute approximate surface area is 248 Å². The molecular weight excluding hydrogens is 613 g/mol. The molecule has 2 aromatic heterocycles. The van der Waals surface area contributed by atoms with Crippen LogP contribution in [0.2, 0.25) is 0 Å². The van der Waals surface area contributed by atoms with E-state index in [1.165, 1.54) is 43.7 Å². The first-order valence-corrected chi connectivity index (χ1v) is 14.7. The molecule has 0 saturated carbocycles. The third-order valence-corrected chi connectivity index (χ3v) is 8.96. The molecule has 44 heavy (non-hydrogen) atoms. The maximum Gasteiger partial charge on any atom is 0.573 e. The molecule has 17 heteroatoms. The summed E-state index contributed by atoms with van der Waals surface area (Å²) >= 11 is 0. The molecule has 1 fully saturated rings. The number of carbonyl (C=O) groups excluding carboxylic acids is 1. The second-order valence-corrected chi connectivity index (χ2v) is 11.8. The number of anilines is 1. The van der Waals surface area contributed by atoms with E-state index in [4.69, 9.17) is 0 Å². The predicted molar refractivity (Wildman–Crippen MR) is 147 cm³/mol. The van der Waals surface area contributed by atoms with Gasteiger partial charge < -0.3 is 19.9 Å². The van der Waals surface area contributed by atoms with Crippen LogP contribution in [0.5, 0.6) is 5.75 Å². The number of ether oxygens (including phenoxy) is 1. The number of aromatic nitrogens is 4. The lowest BCUT2D eigenvalue weighted by atomic mass is 10.0. The molecule has 11 nitrogen and oxygen atoms in total. The molecule has 0 unspecified atom stereocenters. The number of rotatable bonds is 9. The summed E-state index contributed by atoms with van der Waals surface area (Å²) in [5.74, 6) is -3.93. The lowest BCUT2D eigenvalue weighted by Gasteiger charge is -2.40. The average molecular weight is 640 g/mol. The van der Waals surface area contributed by atoms with E-state index >= 15 is 0 Å². The number of hydrogen-bond donors (Lipinski definition) is 2. The van der Waals surface area contributed by atoms with Crippen molar-refractivity contribution in [2.75, 3.05) is 24.5 Å². The summed E-state index contributed by atoms with van der Waals surface area (Å²) in [4.78, 5) is 30.4. The number of nitrogens with one attached hydrogen (secondary N) is 2. The van der Waals surface area contributed by atoms with Gasteiger partial charge in [-0.05, 0) is 29.8 Å². The Hall–Kier alpha value is -4.38. The zero-order valence-corrected chi connectivity index (χ0v) is 23.9. The summed E-state index contributed by atoms with van der Waals surface area (Å²) in [6, 6.07) is 7.77. The number of sulfonamides is 1. The lowest BCUT2D eigenvalue weighted by molar-refractivity contribution is -0.274. The van der Waals surface area contributed by atoms with Crippen molar-refractivity contribution in [3.63, 3.8) is 0 Å². The minimum absolute atomic E-state index is 0.0788. The molecule has 234 valence electrons. The van der Waals surface area contributed by atoms with Crippen LogP contribution < -0.4 is 15.0 Å². The van der Waals surface area contributed by atoms with Crippen molar-refractivity contribution in [2.24, 2.45) is 0 Å². The van der Waals surface area contributed by atoms with Gasteiger partial charge in [0.2, 0.25) is 15.9 Å². The van der Waals surface area contributed by atoms with E-state index in [2.05, 4.69) is 30.0 Å². The van der Waals surface area contributed by atoms with Gasteiger partial charge in [-0.25, -0.2) is 32.2 Å². The number of amides is 1. The summed E-state index contributed by atoms with van der Waals surface area (Å²) < 4.78 is 97.9. The van der Waals surface area contributed by atoms with Crippen molar-refractivity contribution >= 4 is 33.0 Å². The fourth-order valence-electron chi connectivity index (χ4n) is 4.67. The van der Waals surface area contributed by atoms with Crippen LogP contribution in [0.4, 0.5) is 27.8 Å². The minimum atomic E-state index is -4.96. The number of fused-ring (bicyclic) bond motifs is 1. The summed E-state index contributed by atoms with van der Waals surface area (Å²) in [7, 11) is -4.38. The van der Waals surface area contributed by atoms with E-state index in [9.17, 15) is 35.2 Å². The Morgan fingerprint density at radius 1 is 1.05 bits per heavy atom. The first-order valence-electron chi connectivity index (χ1n) is 13.3. The molecule has 2 N–H and O–H groups in total. The quantitative estimate of drug-likeness (QED) is 0.263. The Kier molecular flexibility index (Phi) is 8.44. The molecule has 0 spiro atoms. The SMILES string of the molecule is CCC(F)(F)c1ccc(CNC(=O)[C@H]2CN(c3cnc4nc[nH]c4n3)CCN2S(=O)(=O)c2ccc(OC(F)(F)F)cc2)cc1. The van der Waals surface area contributed by atoms with E-state index in [1.807, 2.05) is 0 Å². The zero-order valence-electron chi connectivity index (χ0n) is 23.1. The van der Waals surface area contributed by atoms with Crippen LogP contribution in [0.1, 0.15) is 24.5 Å². The van der Waals surface area contributed by atoms with Gasteiger partial charge >= 0.3 is 6.36 Å². The van der Waals surface area contributed by atoms with Gasteiger partial charge in [0.05, 0.1) is 17.4 Å². The molecule has 1 atom stereocenters. The van der Waals surface area contributed by atoms with E-state index in [0.717, 1.165) is 28.6 Å². The number of piperazine rings is 1. The first-order chi connectivity index (χ1) is 20.8. The smallest absolute Gasteiger partial charge is 0.406 e. The van der Waals surface area contributed by atoms with Crippen LogP contribution in [-0.2, 0) is 27.3 Å². The van der Waals surface area contributed by atoms with Crippen LogP contribution in [-0.4, -0.2) is 70.6 Å². The van der Waals surface area contributed by atoms with E-state index in [-0.39, 0.29) is 43.1 Å². The maximum absolute atomic E-state index is 14.0. The second-order valence-electron chi connectivity index (χ2n) is 9.87. The normalized spacial score (nSPS) is 16.7. The van der Waals surface area contributed by atoms with Gasteiger partial charge in [-0.3, -0.25) is 4.79 Å². The van der Waals surface area contributed by atoms with Crippen molar-refractivity contribution in [3.8, 4) is 5.75 Å². The molecular formula is C27H26F5N7O4S. The molecule has 5 rings (SSSR count). The third kappa shape index (κ3) is 6.72. The van der Waals surface area contributed by atoms with Crippen LogP contribution in [0, 0.1) is 0 Å². The summed E-state index contributed by atoms with van der Waals surface area (Å²) in [5.41, 5.74) is 1.09. The highest BCUT2D eigenvalue weighted by molar-refractivity contribution is 7.89. The standard InChI is InChI=1S/C27H26F5N7O4S/c1-2-26(28,29)18-5-3-17(4-6-18)13-34-25(40)21-15-38(22-14-33-23-24(37-22)36-16-35-23)11-12-39(21)44(41,42)20-9-7-19(8-10-20)43-27(30,31)32/h3-10,14,16,21H,2,11-13,15H2,1H3,(H,34,40)(H,33,35,36,37)/t21-/m1/s1. The van der Waals surface area contributed by atoms with Gasteiger partial charge in [0.25, 0.3) is 5.92 Å². The number of nitrogens with zero attached hydrogens (tertiary/aromatic N) is 5. The number of carbonyl (C=O) groups is 1. The van der Waals surface area contributed by atoms with Gasteiger partial charge in [0, 0.05) is 38.2 Å². The number of alkyl halides is 5. The maximum atomic E-state index is 14.0. The summed E-state index contributed by atoms with van der Waals surface area (Å²) in [5, 5.41) is 2.67. The average Bonchev–Trinajstić information content (AvgIpc) is 3.47. The van der Waals surface area contributed by atoms with Gasteiger partial charge in [-0.2, -0.15) is 4.31 Å². The zero-order chi connectivity index (χ0) is 31.7. The van der Waals surface area contributed by atoms with Crippen molar-refractivity contribution in [1.82, 2.24) is 29.6 Å². The second kappa shape index (κ2) is 12.0. The number of halogens is 5. The molecule has 2 aromatic carbocycles. The fraction of sp³-hybridized carbons (Fsp3) is 0.333. The van der Waals surface area contributed by atoms with Crippen LogP contribution >= 0.6 is 0 Å². The van der Waals surface area contributed by atoms with Gasteiger partial charge in [0.1, 0.15) is 17.6 Å². The highest BCUT2D eigenvalue weighted by Gasteiger charge is 2.41.